The molecule has 0 bridgehead atoms. The molecule has 1 heterocycles. The van der Waals surface area contributed by atoms with Crippen LogP contribution >= 0.6 is 0 Å². The molecular formula is C9H14N2O. The third-order valence-corrected chi connectivity index (χ3v) is 1.96. The van der Waals surface area contributed by atoms with Crippen LogP contribution in [0.15, 0.2) is 0 Å². The van der Waals surface area contributed by atoms with Crippen molar-refractivity contribution in [3.63, 3.8) is 0 Å². The molecule has 0 saturated carbocycles. The highest BCUT2D eigenvalue weighted by Crippen LogP contribution is 2.06. The van der Waals surface area contributed by atoms with E-state index in [9.17, 15) is 4.79 Å². The third-order valence-electron chi connectivity index (χ3n) is 1.96. The number of carbonyl (C=O) groups is 1. The van der Waals surface area contributed by atoms with E-state index in [4.69, 9.17) is 0 Å². The first-order valence-electron chi connectivity index (χ1n) is 4.22. The first kappa shape index (κ1) is 9.08. The van der Waals surface area contributed by atoms with Crippen LogP contribution in [0.3, 0.4) is 0 Å². The van der Waals surface area contributed by atoms with E-state index in [0.717, 1.165) is 19.5 Å². The fourth-order valence-corrected chi connectivity index (χ4v) is 1.24. The second kappa shape index (κ2) is 4.78. The fourth-order valence-electron chi connectivity index (χ4n) is 1.24. The van der Waals surface area contributed by atoms with Crippen molar-refractivity contribution in [3.05, 3.63) is 0 Å². The smallest absolute Gasteiger partial charge is 0.225 e. The van der Waals surface area contributed by atoms with Gasteiger partial charge in [-0.2, -0.15) is 0 Å². The summed E-state index contributed by atoms with van der Waals surface area (Å²) >= 11 is 0. The van der Waals surface area contributed by atoms with Gasteiger partial charge in [-0.25, -0.2) is 0 Å². The minimum atomic E-state index is 0.128. The van der Waals surface area contributed by atoms with Crippen molar-refractivity contribution in [2.45, 2.75) is 13.3 Å². The van der Waals surface area contributed by atoms with Gasteiger partial charge in [-0.3, -0.25) is 4.79 Å². The van der Waals surface area contributed by atoms with Gasteiger partial charge in [-0.05, 0) is 19.9 Å². The number of carbonyl (C=O) groups excluding carboxylic acids is 1. The molecule has 1 unspecified atom stereocenters. The van der Waals surface area contributed by atoms with E-state index in [1.165, 1.54) is 0 Å². The van der Waals surface area contributed by atoms with Gasteiger partial charge in [-0.1, -0.05) is 5.92 Å². The van der Waals surface area contributed by atoms with Crippen LogP contribution < -0.4 is 10.6 Å². The topological polar surface area (TPSA) is 41.1 Å². The Morgan fingerprint density at radius 2 is 2.58 bits per heavy atom. The first-order valence-corrected chi connectivity index (χ1v) is 4.22. The van der Waals surface area contributed by atoms with E-state index in [-0.39, 0.29) is 11.8 Å². The summed E-state index contributed by atoms with van der Waals surface area (Å²) in [6.45, 7) is 4.01. The van der Waals surface area contributed by atoms with E-state index in [0.29, 0.717) is 6.54 Å². The molecule has 3 nitrogen and oxygen atoms in total. The van der Waals surface area contributed by atoms with Gasteiger partial charge in [0, 0.05) is 6.54 Å². The molecule has 1 aliphatic heterocycles. The van der Waals surface area contributed by atoms with Crippen molar-refractivity contribution < 1.29 is 4.79 Å². The number of amides is 1. The molecule has 0 aromatic heterocycles. The first-order chi connectivity index (χ1) is 5.84. The molecule has 0 radical (unpaired) electrons. The zero-order valence-electron chi connectivity index (χ0n) is 7.31. The molecule has 2 N–H and O–H groups in total. The van der Waals surface area contributed by atoms with Crippen LogP contribution in [0.5, 0.6) is 0 Å². The van der Waals surface area contributed by atoms with E-state index >= 15 is 0 Å². The maximum Gasteiger partial charge on any atom is 0.225 e. The van der Waals surface area contributed by atoms with Crippen LogP contribution in [0, 0.1) is 17.8 Å². The second-order valence-corrected chi connectivity index (χ2v) is 2.83. The minimum absolute atomic E-state index is 0.128. The van der Waals surface area contributed by atoms with Gasteiger partial charge in [0.25, 0.3) is 0 Å². The Kier molecular flexibility index (Phi) is 3.62. The third kappa shape index (κ3) is 2.55. The lowest BCUT2D eigenvalue weighted by molar-refractivity contribution is -0.124. The van der Waals surface area contributed by atoms with E-state index in [2.05, 4.69) is 22.5 Å². The van der Waals surface area contributed by atoms with E-state index in [1.54, 1.807) is 6.92 Å². The van der Waals surface area contributed by atoms with Gasteiger partial charge in [0.15, 0.2) is 0 Å². The van der Waals surface area contributed by atoms with Gasteiger partial charge in [-0.15, -0.1) is 5.92 Å². The second-order valence-electron chi connectivity index (χ2n) is 2.83. The molecule has 66 valence electrons. The fraction of sp³-hybridized carbons (Fsp3) is 0.667. The Bertz CT molecular complexity index is 208. The van der Waals surface area contributed by atoms with E-state index in [1.807, 2.05) is 0 Å². The molecular weight excluding hydrogens is 152 g/mol. The van der Waals surface area contributed by atoms with Crippen LogP contribution in [0.1, 0.15) is 13.3 Å². The van der Waals surface area contributed by atoms with Gasteiger partial charge < -0.3 is 10.6 Å². The molecule has 1 aliphatic rings. The molecule has 1 amide bonds. The quantitative estimate of drug-likeness (QED) is 0.555. The molecule has 1 saturated heterocycles. The largest absolute Gasteiger partial charge is 0.345 e. The normalized spacial score (nSPS) is 21.2. The van der Waals surface area contributed by atoms with Crippen LogP contribution in [0.2, 0.25) is 0 Å². The van der Waals surface area contributed by atoms with Gasteiger partial charge >= 0.3 is 0 Å². The highest BCUT2D eigenvalue weighted by molar-refractivity contribution is 5.79. The van der Waals surface area contributed by atoms with Crippen molar-refractivity contribution in [1.29, 1.82) is 0 Å². The lowest BCUT2D eigenvalue weighted by Crippen LogP contribution is -2.32. The summed E-state index contributed by atoms with van der Waals surface area (Å²) in [7, 11) is 0. The van der Waals surface area contributed by atoms with Crippen molar-refractivity contribution >= 4 is 5.91 Å². The van der Waals surface area contributed by atoms with Crippen molar-refractivity contribution in [3.8, 4) is 11.8 Å². The number of hydrogen-bond donors (Lipinski definition) is 2. The Balaban J connectivity index is 2.21. The minimum Gasteiger partial charge on any atom is -0.345 e. The lowest BCUT2D eigenvalue weighted by atomic mass is 10.1. The molecule has 1 atom stereocenters. The van der Waals surface area contributed by atoms with E-state index < -0.39 is 0 Å². The standard InChI is InChI=1S/C9H14N2O/c1-2-3-5-11-9(12)8-4-6-10-7-8/h8,10H,4-7H2,1H3,(H,11,12). The predicted molar refractivity (Wildman–Crippen MR) is 47.4 cm³/mol. The van der Waals surface area contributed by atoms with Crippen LogP contribution in [0.4, 0.5) is 0 Å². The summed E-state index contributed by atoms with van der Waals surface area (Å²) in [5, 5.41) is 5.92. The molecule has 0 aliphatic carbocycles. The summed E-state index contributed by atoms with van der Waals surface area (Å²) < 4.78 is 0. The maximum atomic E-state index is 11.3. The Morgan fingerprint density at radius 3 is 3.17 bits per heavy atom. The Labute approximate surface area is 72.9 Å². The Morgan fingerprint density at radius 1 is 1.75 bits per heavy atom. The summed E-state index contributed by atoms with van der Waals surface area (Å²) in [5.41, 5.74) is 0. The highest BCUT2D eigenvalue weighted by atomic mass is 16.1. The molecule has 1 fully saturated rings. The molecule has 12 heavy (non-hydrogen) atoms. The van der Waals surface area contributed by atoms with Crippen molar-refractivity contribution in [2.75, 3.05) is 19.6 Å². The molecule has 3 heteroatoms. The van der Waals surface area contributed by atoms with Gasteiger partial charge in [0.05, 0.1) is 12.5 Å². The highest BCUT2D eigenvalue weighted by Gasteiger charge is 2.21. The van der Waals surface area contributed by atoms with Gasteiger partial charge in [0.2, 0.25) is 5.91 Å². The average molecular weight is 166 g/mol. The maximum absolute atomic E-state index is 11.3. The van der Waals surface area contributed by atoms with Crippen molar-refractivity contribution in [2.24, 2.45) is 5.92 Å². The summed E-state index contributed by atoms with van der Waals surface area (Å²) in [6.07, 6.45) is 0.950. The average Bonchev–Trinajstić information content (AvgIpc) is 2.56. The Hall–Kier alpha value is -1.01. The summed E-state index contributed by atoms with van der Waals surface area (Å²) in [5.74, 6) is 5.82. The number of hydrogen-bond acceptors (Lipinski definition) is 2. The zero-order valence-corrected chi connectivity index (χ0v) is 7.31. The SMILES string of the molecule is CC#CCNC(=O)C1CCNC1. The molecule has 1 rings (SSSR count). The predicted octanol–water partition coefficient (Wildman–Crippen LogP) is -0.265. The molecule has 0 aromatic rings. The molecule has 0 spiro atoms. The van der Waals surface area contributed by atoms with Crippen LogP contribution in [-0.4, -0.2) is 25.5 Å². The summed E-state index contributed by atoms with van der Waals surface area (Å²) in [4.78, 5) is 11.3. The van der Waals surface area contributed by atoms with Gasteiger partial charge in [0.1, 0.15) is 0 Å². The summed E-state index contributed by atoms with van der Waals surface area (Å²) in [6, 6.07) is 0. The number of rotatable bonds is 2. The van der Waals surface area contributed by atoms with Crippen LogP contribution in [-0.2, 0) is 4.79 Å². The lowest BCUT2D eigenvalue weighted by Gasteiger charge is -2.06. The monoisotopic (exact) mass is 166 g/mol. The zero-order chi connectivity index (χ0) is 8.81. The van der Waals surface area contributed by atoms with Crippen LogP contribution in [0.25, 0.3) is 0 Å². The molecule has 0 aromatic carbocycles. The number of nitrogens with one attached hydrogen (secondary N) is 2. The van der Waals surface area contributed by atoms with Crippen molar-refractivity contribution in [1.82, 2.24) is 10.6 Å².